The molecule has 2 aromatic rings. The molecule has 0 atom stereocenters. The van der Waals surface area contributed by atoms with Crippen molar-refractivity contribution in [2.45, 2.75) is 32.7 Å². The molecule has 1 aromatic heterocycles. The molecule has 1 aliphatic carbocycles. The monoisotopic (exact) mass is 348 g/mol. The molecule has 132 valence electrons. The Kier molecular flexibility index (Phi) is 4.57. The van der Waals surface area contributed by atoms with E-state index in [2.05, 4.69) is 9.88 Å². The molecule has 1 aliphatic rings. The number of amides is 1. The smallest absolute Gasteiger partial charge is 0.340 e. The van der Waals surface area contributed by atoms with E-state index in [-0.39, 0.29) is 5.69 Å². The van der Waals surface area contributed by atoms with Gasteiger partial charge in [0.1, 0.15) is 11.6 Å². The normalized spacial score (nSPS) is 13.6. The van der Waals surface area contributed by atoms with Gasteiger partial charge in [-0.25, -0.2) is 13.6 Å². The third-order valence-corrected chi connectivity index (χ3v) is 4.10. The van der Waals surface area contributed by atoms with Crippen molar-refractivity contribution < 1.29 is 23.1 Å². The third-order valence-electron chi connectivity index (χ3n) is 4.10. The Morgan fingerprint density at radius 1 is 1.16 bits per heavy atom. The molecular formula is C18H18F2N2O3. The number of ether oxygens (including phenoxy) is 1. The lowest BCUT2D eigenvalue weighted by Crippen LogP contribution is -2.21. The van der Waals surface area contributed by atoms with Gasteiger partial charge >= 0.3 is 5.97 Å². The van der Waals surface area contributed by atoms with Gasteiger partial charge in [0.05, 0.1) is 5.56 Å². The molecule has 0 spiro atoms. The van der Waals surface area contributed by atoms with Gasteiger partial charge in [0.25, 0.3) is 5.91 Å². The molecule has 0 saturated heterocycles. The lowest BCUT2D eigenvalue weighted by atomic mass is 10.2. The number of benzene rings is 1. The second-order valence-electron chi connectivity index (χ2n) is 6.17. The number of aryl methyl sites for hydroxylation is 1. The van der Waals surface area contributed by atoms with E-state index in [9.17, 15) is 18.4 Å². The number of nitrogens with one attached hydrogen (secondary N) is 1. The summed E-state index contributed by atoms with van der Waals surface area (Å²) in [6.45, 7) is 3.23. The van der Waals surface area contributed by atoms with Crippen LogP contribution in [0, 0.1) is 25.5 Å². The summed E-state index contributed by atoms with van der Waals surface area (Å²) in [5.41, 5.74) is 2.18. The van der Waals surface area contributed by atoms with Gasteiger partial charge in [-0.3, -0.25) is 4.79 Å². The van der Waals surface area contributed by atoms with Crippen LogP contribution >= 0.6 is 0 Å². The van der Waals surface area contributed by atoms with Gasteiger partial charge in [-0.15, -0.1) is 0 Å². The SMILES string of the molecule is Cc1cc(C(=O)OCC(=O)Nc2cc(F)cc(F)c2)c(C)n1C1CC1. The van der Waals surface area contributed by atoms with Gasteiger partial charge in [0.2, 0.25) is 0 Å². The van der Waals surface area contributed by atoms with Crippen LogP contribution in [0.2, 0.25) is 0 Å². The topological polar surface area (TPSA) is 60.3 Å². The van der Waals surface area contributed by atoms with E-state index in [4.69, 9.17) is 4.74 Å². The Balaban J connectivity index is 1.60. The fraction of sp³-hybridized carbons (Fsp3) is 0.333. The van der Waals surface area contributed by atoms with E-state index in [1.54, 1.807) is 6.07 Å². The van der Waals surface area contributed by atoms with Gasteiger partial charge in [0, 0.05) is 29.2 Å². The van der Waals surface area contributed by atoms with E-state index in [0.29, 0.717) is 17.7 Å². The van der Waals surface area contributed by atoms with Crippen LogP contribution in [0.3, 0.4) is 0 Å². The molecule has 5 nitrogen and oxygen atoms in total. The Bertz CT molecular complexity index is 821. The van der Waals surface area contributed by atoms with Crippen LogP contribution < -0.4 is 5.32 Å². The number of hydrogen-bond acceptors (Lipinski definition) is 3. The average molecular weight is 348 g/mol. The number of hydrogen-bond donors (Lipinski definition) is 1. The molecule has 0 aliphatic heterocycles. The zero-order valence-corrected chi connectivity index (χ0v) is 13.9. The molecule has 1 fully saturated rings. The Labute approximate surface area is 143 Å². The highest BCUT2D eigenvalue weighted by Gasteiger charge is 2.28. The highest BCUT2D eigenvalue weighted by molar-refractivity contribution is 5.96. The fourth-order valence-electron chi connectivity index (χ4n) is 2.91. The predicted octanol–water partition coefficient (Wildman–Crippen LogP) is 3.51. The summed E-state index contributed by atoms with van der Waals surface area (Å²) >= 11 is 0. The summed E-state index contributed by atoms with van der Waals surface area (Å²) < 4.78 is 33.3. The van der Waals surface area contributed by atoms with Crippen molar-refractivity contribution in [3.05, 3.63) is 52.9 Å². The van der Waals surface area contributed by atoms with E-state index >= 15 is 0 Å². The summed E-state index contributed by atoms with van der Waals surface area (Å²) in [7, 11) is 0. The van der Waals surface area contributed by atoms with Crippen molar-refractivity contribution in [2.75, 3.05) is 11.9 Å². The highest BCUT2D eigenvalue weighted by Crippen LogP contribution is 2.38. The number of anilines is 1. The van der Waals surface area contributed by atoms with Crippen molar-refractivity contribution >= 4 is 17.6 Å². The first-order chi connectivity index (χ1) is 11.8. The van der Waals surface area contributed by atoms with Crippen molar-refractivity contribution in [1.29, 1.82) is 0 Å². The van der Waals surface area contributed by atoms with Crippen LogP contribution in [0.4, 0.5) is 14.5 Å². The molecule has 25 heavy (non-hydrogen) atoms. The number of esters is 1. The number of halogens is 2. The van der Waals surface area contributed by atoms with Gasteiger partial charge < -0.3 is 14.6 Å². The number of nitrogens with zero attached hydrogens (tertiary/aromatic N) is 1. The third kappa shape index (κ3) is 3.87. The standard InChI is InChI=1S/C18H18F2N2O3/c1-10-5-16(11(2)22(10)15-3-4-15)18(24)25-9-17(23)21-14-7-12(19)6-13(20)8-14/h5-8,15H,3-4,9H2,1-2H3,(H,21,23). The number of rotatable bonds is 5. The van der Waals surface area contributed by atoms with Crippen molar-refractivity contribution in [2.24, 2.45) is 0 Å². The van der Waals surface area contributed by atoms with Gasteiger partial charge in [-0.1, -0.05) is 0 Å². The van der Waals surface area contributed by atoms with Crippen LogP contribution in [0.1, 0.15) is 40.6 Å². The molecule has 0 radical (unpaired) electrons. The summed E-state index contributed by atoms with van der Waals surface area (Å²) in [5, 5.41) is 2.29. The lowest BCUT2D eigenvalue weighted by Gasteiger charge is -2.08. The van der Waals surface area contributed by atoms with Crippen molar-refractivity contribution in [3.8, 4) is 0 Å². The van der Waals surface area contributed by atoms with Crippen LogP contribution in [0.15, 0.2) is 24.3 Å². The van der Waals surface area contributed by atoms with Crippen LogP contribution in [-0.4, -0.2) is 23.1 Å². The van der Waals surface area contributed by atoms with Gasteiger partial charge in [0.15, 0.2) is 6.61 Å². The maximum Gasteiger partial charge on any atom is 0.340 e. The van der Waals surface area contributed by atoms with E-state index in [1.165, 1.54) is 0 Å². The van der Waals surface area contributed by atoms with Crippen molar-refractivity contribution in [1.82, 2.24) is 4.57 Å². The molecule has 1 amide bonds. The second-order valence-corrected chi connectivity index (χ2v) is 6.17. The fourth-order valence-corrected chi connectivity index (χ4v) is 2.91. The minimum atomic E-state index is -0.806. The van der Waals surface area contributed by atoms with E-state index in [0.717, 1.165) is 36.4 Å². The minimum absolute atomic E-state index is 0.0366. The Morgan fingerprint density at radius 3 is 2.40 bits per heavy atom. The molecular weight excluding hydrogens is 330 g/mol. The van der Waals surface area contributed by atoms with Gasteiger partial charge in [-0.05, 0) is 44.9 Å². The minimum Gasteiger partial charge on any atom is -0.452 e. The second kappa shape index (κ2) is 6.66. The molecule has 1 saturated carbocycles. The van der Waals surface area contributed by atoms with Crippen LogP contribution in [0.5, 0.6) is 0 Å². The highest BCUT2D eigenvalue weighted by atomic mass is 19.1. The first kappa shape index (κ1) is 17.1. The molecule has 1 heterocycles. The van der Waals surface area contributed by atoms with E-state index in [1.807, 2.05) is 13.8 Å². The average Bonchev–Trinajstić information content (AvgIpc) is 3.29. The molecule has 0 unspecified atom stereocenters. The molecule has 7 heteroatoms. The largest absolute Gasteiger partial charge is 0.452 e. The van der Waals surface area contributed by atoms with Gasteiger partial charge in [-0.2, -0.15) is 0 Å². The van der Waals surface area contributed by atoms with Crippen LogP contribution in [0.25, 0.3) is 0 Å². The van der Waals surface area contributed by atoms with E-state index < -0.39 is 30.1 Å². The first-order valence-corrected chi connectivity index (χ1v) is 7.96. The Hall–Kier alpha value is -2.70. The first-order valence-electron chi connectivity index (χ1n) is 7.96. The summed E-state index contributed by atoms with van der Waals surface area (Å²) in [6, 6.07) is 4.84. The van der Waals surface area contributed by atoms with Crippen molar-refractivity contribution in [3.63, 3.8) is 0 Å². The predicted molar refractivity (Wildman–Crippen MR) is 87.4 cm³/mol. The molecule has 0 bridgehead atoms. The number of carbonyl (C=O) groups is 2. The summed E-state index contributed by atoms with van der Waals surface area (Å²) in [6.07, 6.45) is 2.19. The maximum atomic E-state index is 13.1. The summed E-state index contributed by atoms with van der Waals surface area (Å²) in [5.74, 6) is -2.88. The molecule has 3 rings (SSSR count). The lowest BCUT2D eigenvalue weighted by molar-refractivity contribution is -0.119. The maximum absolute atomic E-state index is 13.1. The summed E-state index contributed by atoms with van der Waals surface area (Å²) in [4.78, 5) is 24.0. The Morgan fingerprint density at radius 2 is 1.80 bits per heavy atom. The number of carbonyl (C=O) groups excluding carboxylic acids is 2. The zero-order valence-electron chi connectivity index (χ0n) is 13.9. The van der Waals surface area contributed by atoms with Crippen LogP contribution in [-0.2, 0) is 9.53 Å². The molecule has 1 N–H and O–H groups in total. The molecule has 1 aromatic carbocycles. The zero-order chi connectivity index (χ0) is 18.1. The quantitative estimate of drug-likeness (QED) is 0.841. The number of aromatic nitrogens is 1.